The number of rotatable bonds is 6. The highest BCUT2D eigenvalue weighted by molar-refractivity contribution is 6.46. The maximum absolute atomic E-state index is 13.1. The van der Waals surface area contributed by atoms with Gasteiger partial charge in [-0.3, -0.25) is 14.6 Å². The van der Waals surface area contributed by atoms with Gasteiger partial charge < -0.3 is 23.9 Å². The van der Waals surface area contributed by atoms with E-state index < -0.39 is 23.5 Å². The molecule has 164 valence electrons. The van der Waals surface area contributed by atoms with Crippen molar-refractivity contribution in [3.63, 3.8) is 0 Å². The smallest absolute Gasteiger partial charge is 0.296 e. The van der Waals surface area contributed by atoms with Crippen molar-refractivity contribution >= 4 is 29.1 Å². The highest BCUT2D eigenvalue weighted by Gasteiger charge is 2.46. The Morgan fingerprint density at radius 3 is 2.50 bits per heavy atom. The highest BCUT2D eigenvalue weighted by Crippen LogP contribution is 2.43. The summed E-state index contributed by atoms with van der Waals surface area (Å²) in [4.78, 5) is 31.4. The Labute approximate surface area is 188 Å². The molecule has 32 heavy (non-hydrogen) atoms. The summed E-state index contributed by atoms with van der Waals surface area (Å²) in [6, 6.07) is 8.81. The number of ether oxygens (including phenoxy) is 2. The number of aliphatic hydroxyl groups is 1. The second-order valence-corrected chi connectivity index (χ2v) is 7.38. The molecule has 3 heterocycles. The molecule has 3 aromatic rings. The molecule has 0 radical (unpaired) electrons. The lowest BCUT2D eigenvalue weighted by molar-refractivity contribution is -0.140. The summed E-state index contributed by atoms with van der Waals surface area (Å²) in [6.45, 7) is 0.0435. The molecule has 0 saturated carbocycles. The number of methoxy groups -OCH3 is 2. The molecule has 4 rings (SSSR count). The van der Waals surface area contributed by atoms with Crippen LogP contribution in [0, 0.1) is 0 Å². The van der Waals surface area contributed by atoms with E-state index in [4.69, 9.17) is 25.5 Å². The maximum atomic E-state index is 13.1. The third kappa shape index (κ3) is 3.69. The lowest BCUT2D eigenvalue weighted by atomic mass is 9.95. The Balaban J connectivity index is 1.91. The highest BCUT2D eigenvalue weighted by atomic mass is 35.5. The normalized spacial score (nSPS) is 17.6. The average molecular weight is 455 g/mol. The summed E-state index contributed by atoms with van der Waals surface area (Å²) < 4.78 is 15.9. The largest absolute Gasteiger partial charge is 0.507 e. The van der Waals surface area contributed by atoms with Crippen molar-refractivity contribution < 1.29 is 28.6 Å². The number of pyridine rings is 1. The van der Waals surface area contributed by atoms with Gasteiger partial charge in [0, 0.05) is 18.5 Å². The molecule has 1 amide bonds. The van der Waals surface area contributed by atoms with E-state index in [1.165, 1.54) is 37.5 Å². The third-order valence-electron chi connectivity index (χ3n) is 5.20. The number of hydrogen-bond donors (Lipinski definition) is 1. The van der Waals surface area contributed by atoms with Gasteiger partial charge in [0.15, 0.2) is 0 Å². The van der Waals surface area contributed by atoms with Crippen LogP contribution in [-0.4, -0.2) is 40.9 Å². The van der Waals surface area contributed by atoms with E-state index in [-0.39, 0.29) is 28.5 Å². The number of aromatic nitrogens is 1. The molecule has 1 saturated heterocycles. The van der Waals surface area contributed by atoms with E-state index in [1.807, 2.05) is 0 Å². The van der Waals surface area contributed by atoms with Crippen LogP contribution in [0.4, 0.5) is 0 Å². The molecule has 1 fully saturated rings. The summed E-state index contributed by atoms with van der Waals surface area (Å²) >= 11 is 6.25. The van der Waals surface area contributed by atoms with E-state index in [2.05, 4.69) is 4.98 Å². The molecule has 1 unspecified atom stereocenters. The number of Topliss-reactive ketones (excluding diaryl/α,β-unsaturated/α-hetero) is 1. The molecule has 9 heteroatoms. The molecule has 2 aromatic heterocycles. The van der Waals surface area contributed by atoms with Gasteiger partial charge in [0.25, 0.3) is 11.7 Å². The first-order chi connectivity index (χ1) is 15.5. The zero-order chi connectivity index (χ0) is 22.8. The first kappa shape index (κ1) is 21.5. The summed E-state index contributed by atoms with van der Waals surface area (Å²) in [7, 11) is 2.86. The fraction of sp³-hybridized carbons (Fsp3) is 0.174. The van der Waals surface area contributed by atoms with Gasteiger partial charge in [0.05, 0.1) is 49.2 Å². The quantitative estimate of drug-likeness (QED) is 0.341. The maximum Gasteiger partial charge on any atom is 0.296 e. The van der Waals surface area contributed by atoms with Crippen LogP contribution in [0.1, 0.15) is 22.9 Å². The molecule has 1 N–H and O–H groups in total. The van der Waals surface area contributed by atoms with E-state index in [9.17, 15) is 14.7 Å². The predicted molar refractivity (Wildman–Crippen MR) is 115 cm³/mol. The Bertz CT molecular complexity index is 1190. The van der Waals surface area contributed by atoms with Crippen LogP contribution < -0.4 is 9.47 Å². The fourth-order valence-corrected chi connectivity index (χ4v) is 3.94. The van der Waals surface area contributed by atoms with Crippen molar-refractivity contribution in [2.75, 3.05) is 14.2 Å². The summed E-state index contributed by atoms with van der Waals surface area (Å²) in [6.07, 6.45) is 4.58. The standard InChI is InChI=1S/C23H19ClN2O6/c1-30-17-11-18(31-2)16(24)10-15(17)21(27)19-20(13-5-7-25-8-6-13)26(23(29)22(19)28)12-14-4-3-9-32-14/h3-11,20,27H,12H2,1-2H3/b21-19+. The van der Waals surface area contributed by atoms with Gasteiger partial charge in [0.2, 0.25) is 0 Å². The Kier molecular flexibility index (Phi) is 5.87. The third-order valence-corrected chi connectivity index (χ3v) is 5.49. The van der Waals surface area contributed by atoms with E-state index in [0.29, 0.717) is 17.1 Å². The van der Waals surface area contributed by atoms with Crippen LogP contribution in [0.5, 0.6) is 11.5 Å². The number of amides is 1. The molecule has 1 atom stereocenters. The Morgan fingerprint density at radius 2 is 1.88 bits per heavy atom. The van der Waals surface area contributed by atoms with Crippen LogP contribution in [0.3, 0.4) is 0 Å². The molecule has 0 aliphatic carbocycles. The van der Waals surface area contributed by atoms with E-state index >= 15 is 0 Å². The number of benzene rings is 1. The number of carbonyl (C=O) groups excluding carboxylic acids is 2. The van der Waals surface area contributed by atoms with Crippen LogP contribution in [0.25, 0.3) is 5.76 Å². The van der Waals surface area contributed by atoms with Crippen molar-refractivity contribution in [3.8, 4) is 11.5 Å². The number of ketones is 1. The molecule has 1 aliphatic rings. The molecular weight excluding hydrogens is 436 g/mol. The summed E-state index contributed by atoms with van der Waals surface area (Å²) in [5, 5.41) is 11.5. The number of halogens is 1. The molecular formula is C23H19ClN2O6. The number of carbonyl (C=O) groups is 2. The number of likely N-dealkylation sites (tertiary alicyclic amines) is 1. The fourth-order valence-electron chi connectivity index (χ4n) is 3.70. The first-order valence-corrected chi connectivity index (χ1v) is 9.96. The number of aliphatic hydroxyl groups excluding tert-OH is 1. The zero-order valence-corrected chi connectivity index (χ0v) is 18.0. The monoisotopic (exact) mass is 454 g/mol. The topological polar surface area (TPSA) is 102 Å². The summed E-state index contributed by atoms with van der Waals surface area (Å²) in [5.41, 5.74) is 0.673. The van der Waals surface area contributed by atoms with Gasteiger partial charge >= 0.3 is 0 Å². The van der Waals surface area contributed by atoms with Crippen molar-refractivity contribution in [1.29, 1.82) is 0 Å². The average Bonchev–Trinajstić information content (AvgIpc) is 3.41. The van der Waals surface area contributed by atoms with Gasteiger partial charge in [-0.1, -0.05) is 11.6 Å². The number of furan rings is 1. The van der Waals surface area contributed by atoms with Gasteiger partial charge in [-0.2, -0.15) is 0 Å². The van der Waals surface area contributed by atoms with Crippen molar-refractivity contribution in [3.05, 3.63) is 82.5 Å². The number of hydrogen-bond acceptors (Lipinski definition) is 7. The van der Waals surface area contributed by atoms with Gasteiger partial charge in [-0.15, -0.1) is 0 Å². The molecule has 0 bridgehead atoms. The molecule has 0 spiro atoms. The van der Waals surface area contributed by atoms with Gasteiger partial charge in [0.1, 0.15) is 23.0 Å². The molecule has 8 nitrogen and oxygen atoms in total. The minimum absolute atomic E-state index is 0.0435. The van der Waals surface area contributed by atoms with Crippen molar-refractivity contribution in [2.24, 2.45) is 0 Å². The molecule has 1 aromatic carbocycles. The lowest BCUT2D eigenvalue weighted by Gasteiger charge is -2.24. The summed E-state index contributed by atoms with van der Waals surface area (Å²) in [5.74, 6) is -0.934. The van der Waals surface area contributed by atoms with Crippen LogP contribution >= 0.6 is 11.6 Å². The van der Waals surface area contributed by atoms with Crippen LogP contribution in [0.15, 0.2) is 65.0 Å². The minimum atomic E-state index is -0.867. The second kappa shape index (κ2) is 8.76. The van der Waals surface area contributed by atoms with Gasteiger partial charge in [-0.05, 0) is 35.9 Å². The Hall–Kier alpha value is -3.78. The van der Waals surface area contributed by atoms with E-state index in [1.54, 1.807) is 36.7 Å². The first-order valence-electron chi connectivity index (χ1n) is 9.58. The van der Waals surface area contributed by atoms with Crippen molar-refractivity contribution in [2.45, 2.75) is 12.6 Å². The second-order valence-electron chi connectivity index (χ2n) is 6.97. The number of nitrogens with zero attached hydrogens (tertiary/aromatic N) is 2. The van der Waals surface area contributed by atoms with Crippen molar-refractivity contribution in [1.82, 2.24) is 9.88 Å². The zero-order valence-electron chi connectivity index (χ0n) is 17.2. The lowest BCUT2D eigenvalue weighted by Crippen LogP contribution is -2.29. The van der Waals surface area contributed by atoms with Gasteiger partial charge in [-0.25, -0.2) is 0 Å². The minimum Gasteiger partial charge on any atom is -0.507 e. The Morgan fingerprint density at radius 1 is 1.16 bits per heavy atom. The SMILES string of the molecule is COc1cc(OC)c(/C(O)=C2\C(=O)C(=O)N(Cc3ccco3)C2c2ccncc2)cc1Cl. The van der Waals surface area contributed by atoms with Crippen LogP contribution in [-0.2, 0) is 16.1 Å². The predicted octanol–water partition coefficient (Wildman–Crippen LogP) is 3.97. The van der Waals surface area contributed by atoms with Crippen LogP contribution in [0.2, 0.25) is 5.02 Å². The molecule has 1 aliphatic heterocycles. The van der Waals surface area contributed by atoms with E-state index in [0.717, 1.165) is 0 Å².